The van der Waals surface area contributed by atoms with Gasteiger partial charge in [-0.05, 0) is 44.6 Å². The second kappa shape index (κ2) is 4.47. The van der Waals surface area contributed by atoms with Crippen molar-refractivity contribution in [2.24, 2.45) is 0 Å². The largest absolute Gasteiger partial charge is 0.196 e. The SMILES string of the molecule is ClCc1nnnn1-c1ccc(Br)c(Cl)c1. The molecule has 78 valence electrons. The van der Waals surface area contributed by atoms with Crippen molar-refractivity contribution >= 4 is 39.1 Å². The number of benzene rings is 1. The predicted molar refractivity (Wildman–Crippen MR) is 61.4 cm³/mol. The van der Waals surface area contributed by atoms with Crippen LogP contribution in [0.3, 0.4) is 0 Å². The van der Waals surface area contributed by atoms with Crippen LogP contribution in [0.25, 0.3) is 5.69 Å². The van der Waals surface area contributed by atoms with Gasteiger partial charge in [0, 0.05) is 4.47 Å². The molecule has 0 bridgehead atoms. The van der Waals surface area contributed by atoms with E-state index in [1.807, 2.05) is 12.1 Å². The van der Waals surface area contributed by atoms with Gasteiger partial charge in [-0.3, -0.25) is 0 Å². The molecule has 2 rings (SSSR count). The minimum Gasteiger partial charge on any atom is -0.196 e. The zero-order chi connectivity index (χ0) is 10.8. The minimum atomic E-state index is 0.251. The number of hydrogen-bond acceptors (Lipinski definition) is 3. The minimum absolute atomic E-state index is 0.251. The van der Waals surface area contributed by atoms with Gasteiger partial charge in [-0.1, -0.05) is 11.6 Å². The number of tetrazole rings is 1. The highest BCUT2D eigenvalue weighted by molar-refractivity contribution is 9.10. The molecule has 0 atom stereocenters. The monoisotopic (exact) mass is 306 g/mol. The number of hydrogen-bond donors (Lipinski definition) is 0. The lowest BCUT2D eigenvalue weighted by molar-refractivity contribution is 0.777. The summed E-state index contributed by atoms with van der Waals surface area (Å²) in [7, 11) is 0. The van der Waals surface area contributed by atoms with Gasteiger partial charge in [0.2, 0.25) is 0 Å². The van der Waals surface area contributed by atoms with Gasteiger partial charge < -0.3 is 0 Å². The van der Waals surface area contributed by atoms with Gasteiger partial charge in [0.25, 0.3) is 0 Å². The van der Waals surface area contributed by atoms with E-state index in [0.29, 0.717) is 10.8 Å². The van der Waals surface area contributed by atoms with Gasteiger partial charge in [-0.15, -0.1) is 16.7 Å². The van der Waals surface area contributed by atoms with Crippen LogP contribution in [-0.2, 0) is 5.88 Å². The first-order chi connectivity index (χ1) is 7.22. The quantitative estimate of drug-likeness (QED) is 0.801. The molecular formula is C8H5BrCl2N4. The second-order valence-corrected chi connectivity index (χ2v) is 4.27. The highest BCUT2D eigenvalue weighted by Crippen LogP contribution is 2.24. The lowest BCUT2D eigenvalue weighted by atomic mass is 10.3. The van der Waals surface area contributed by atoms with Crippen LogP contribution in [-0.4, -0.2) is 20.2 Å². The molecule has 1 aromatic heterocycles. The Morgan fingerprint density at radius 1 is 1.40 bits per heavy atom. The van der Waals surface area contributed by atoms with Crippen LogP contribution in [0, 0.1) is 0 Å². The maximum atomic E-state index is 5.96. The van der Waals surface area contributed by atoms with Gasteiger partial charge in [-0.2, -0.15) is 4.68 Å². The van der Waals surface area contributed by atoms with E-state index in [1.165, 1.54) is 0 Å². The summed E-state index contributed by atoms with van der Waals surface area (Å²) in [5, 5.41) is 11.7. The fourth-order valence-corrected chi connectivity index (χ4v) is 1.69. The first-order valence-corrected chi connectivity index (χ1v) is 5.71. The molecule has 0 saturated carbocycles. The van der Waals surface area contributed by atoms with Gasteiger partial charge in [0.05, 0.1) is 16.6 Å². The van der Waals surface area contributed by atoms with Crippen molar-refractivity contribution in [2.45, 2.75) is 5.88 Å². The van der Waals surface area contributed by atoms with Crippen molar-refractivity contribution in [1.82, 2.24) is 20.2 Å². The molecule has 0 amide bonds. The molecule has 0 saturated heterocycles. The van der Waals surface area contributed by atoms with Gasteiger partial charge in [0.1, 0.15) is 0 Å². The molecule has 2 aromatic rings. The Kier molecular flexibility index (Phi) is 3.23. The van der Waals surface area contributed by atoms with E-state index in [1.54, 1.807) is 10.7 Å². The fourth-order valence-electron chi connectivity index (χ4n) is 1.11. The summed E-state index contributed by atoms with van der Waals surface area (Å²) >= 11 is 15.0. The van der Waals surface area contributed by atoms with Gasteiger partial charge in [0.15, 0.2) is 5.82 Å². The Balaban J connectivity index is 2.50. The van der Waals surface area contributed by atoms with Crippen LogP contribution in [0.15, 0.2) is 22.7 Å². The van der Waals surface area contributed by atoms with Crippen LogP contribution in [0.2, 0.25) is 5.02 Å². The smallest absolute Gasteiger partial charge is 0.171 e. The standard InChI is InChI=1S/C8H5BrCl2N4/c9-6-2-1-5(3-7(6)11)15-8(4-10)12-13-14-15/h1-3H,4H2. The molecule has 1 aromatic carbocycles. The van der Waals surface area contributed by atoms with E-state index in [2.05, 4.69) is 31.5 Å². The number of aromatic nitrogens is 4. The van der Waals surface area contributed by atoms with Crippen LogP contribution >= 0.6 is 39.1 Å². The lowest BCUT2D eigenvalue weighted by Crippen LogP contribution is -2.01. The zero-order valence-corrected chi connectivity index (χ0v) is 10.5. The van der Waals surface area contributed by atoms with Crippen molar-refractivity contribution in [2.75, 3.05) is 0 Å². The Hall–Kier alpha value is -0.650. The molecule has 7 heteroatoms. The van der Waals surface area contributed by atoms with E-state index >= 15 is 0 Å². The summed E-state index contributed by atoms with van der Waals surface area (Å²) in [6.45, 7) is 0. The van der Waals surface area contributed by atoms with E-state index in [0.717, 1.165) is 10.2 Å². The molecule has 0 radical (unpaired) electrons. The third-order valence-corrected chi connectivity index (χ3v) is 3.27. The van der Waals surface area contributed by atoms with Crippen molar-refractivity contribution in [3.05, 3.63) is 33.5 Å². The average Bonchev–Trinajstić information content (AvgIpc) is 2.70. The Morgan fingerprint density at radius 3 is 2.87 bits per heavy atom. The highest BCUT2D eigenvalue weighted by atomic mass is 79.9. The number of alkyl halides is 1. The van der Waals surface area contributed by atoms with Crippen LogP contribution in [0.1, 0.15) is 5.82 Å². The van der Waals surface area contributed by atoms with E-state index in [4.69, 9.17) is 23.2 Å². The number of rotatable bonds is 2. The molecule has 0 aliphatic heterocycles. The van der Waals surface area contributed by atoms with Crippen LogP contribution in [0.5, 0.6) is 0 Å². The number of halogens is 3. The van der Waals surface area contributed by atoms with Crippen molar-refractivity contribution < 1.29 is 0 Å². The van der Waals surface area contributed by atoms with E-state index < -0.39 is 0 Å². The first kappa shape index (κ1) is 10.9. The second-order valence-electron chi connectivity index (χ2n) is 2.74. The molecular weight excluding hydrogens is 303 g/mol. The van der Waals surface area contributed by atoms with Gasteiger partial charge >= 0.3 is 0 Å². The Morgan fingerprint density at radius 2 is 2.20 bits per heavy atom. The van der Waals surface area contributed by atoms with Crippen LogP contribution < -0.4 is 0 Å². The normalized spacial score (nSPS) is 10.6. The van der Waals surface area contributed by atoms with Crippen molar-refractivity contribution in [3.8, 4) is 5.69 Å². The summed E-state index contributed by atoms with van der Waals surface area (Å²) in [6.07, 6.45) is 0. The summed E-state index contributed by atoms with van der Waals surface area (Å²) < 4.78 is 2.37. The molecule has 15 heavy (non-hydrogen) atoms. The summed E-state index contributed by atoms with van der Waals surface area (Å²) in [5.41, 5.74) is 0.781. The maximum Gasteiger partial charge on any atom is 0.171 e. The maximum absolute atomic E-state index is 5.96. The van der Waals surface area contributed by atoms with E-state index in [9.17, 15) is 0 Å². The first-order valence-electron chi connectivity index (χ1n) is 4.01. The molecule has 4 nitrogen and oxygen atoms in total. The van der Waals surface area contributed by atoms with Crippen molar-refractivity contribution in [3.63, 3.8) is 0 Å². The van der Waals surface area contributed by atoms with Crippen molar-refractivity contribution in [1.29, 1.82) is 0 Å². The number of nitrogens with zero attached hydrogens (tertiary/aromatic N) is 4. The topological polar surface area (TPSA) is 43.6 Å². The Labute approximate surface area is 104 Å². The zero-order valence-electron chi connectivity index (χ0n) is 7.36. The average molecular weight is 308 g/mol. The molecule has 1 heterocycles. The molecule has 0 spiro atoms. The third kappa shape index (κ3) is 2.14. The lowest BCUT2D eigenvalue weighted by Gasteiger charge is -2.03. The molecule has 0 N–H and O–H groups in total. The summed E-state index contributed by atoms with van der Waals surface area (Å²) in [5.74, 6) is 0.829. The van der Waals surface area contributed by atoms with Crippen LogP contribution in [0.4, 0.5) is 0 Å². The molecule has 0 fully saturated rings. The molecule has 0 aliphatic carbocycles. The third-order valence-electron chi connectivity index (χ3n) is 1.80. The summed E-state index contributed by atoms with van der Waals surface area (Å²) in [6, 6.07) is 5.44. The molecule has 0 aliphatic rings. The highest BCUT2D eigenvalue weighted by Gasteiger charge is 2.08. The Bertz CT molecular complexity index is 485. The summed E-state index contributed by atoms with van der Waals surface area (Å²) in [4.78, 5) is 0. The van der Waals surface area contributed by atoms with Gasteiger partial charge in [-0.25, -0.2) is 0 Å². The van der Waals surface area contributed by atoms with E-state index in [-0.39, 0.29) is 5.88 Å². The fraction of sp³-hybridized carbons (Fsp3) is 0.125. The molecule has 0 unspecified atom stereocenters. The predicted octanol–water partition coefficient (Wildman–Crippen LogP) is 2.82.